The first-order chi connectivity index (χ1) is 14.2. The molecule has 2 aromatic carbocycles. The second-order valence-corrected chi connectivity index (χ2v) is 7.78. The monoisotopic (exact) mass is 395 g/mol. The zero-order valence-corrected chi connectivity index (χ0v) is 16.4. The number of nitrogens with zero attached hydrogens (tertiary/aromatic N) is 3. The highest BCUT2D eigenvalue weighted by atomic mass is 19.1. The maximum absolute atomic E-state index is 13.3. The first-order valence-corrected chi connectivity index (χ1v) is 10.2. The van der Waals surface area contributed by atoms with Crippen molar-refractivity contribution in [3.8, 4) is 0 Å². The molecule has 1 fully saturated rings. The van der Waals surface area contributed by atoms with E-state index in [2.05, 4.69) is 27.2 Å². The van der Waals surface area contributed by atoms with E-state index in [0.29, 0.717) is 37.0 Å². The Bertz CT molecular complexity index is 907. The molecular formula is C23H26FN3O2. The lowest BCUT2D eigenvalue weighted by atomic mass is 9.88. The molecule has 1 aromatic heterocycles. The van der Waals surface area contributed by atoms with Gasteiger partial charge < -0.3 is 9.63 Å². The van der Waals surface area contributed by atoms with Gasteiger partial charge in [0.1, 0.15) is 5.82 Å². The first kappa shape index (κ1) is 19.7. The quantitative estimate of drug-likeness (QED) is 0.662. The zero-order chi connectivity index (χ0) is 20.1. The minimum Gasteiger partial charge on any atom is -0.392 e. The van der Waals surface area contributed by atoms with Gasteiger partial charge in [0.2, 0.25) is 5.89 Å². The average molecular weight is 395 g/mol. The standard InChI is InChI=1S/C23H26FN3O2/c24-20-8-4-7-18(13-20)15-22-25-23(29-26-22)16-27-11-9-19(10-12-27)21(28)14-17-5-2-1-3-6-17/h1-8,13,19,21,28H,9-12,14-16H2/t21-/m0/s1. The van der Waals surface area contributed by atoms with Crippen LogP contribution in [0.4, 0.5) is 4.39 Å². The maximum atomic E-state index is 13.3. The van der Waals surface area contributed by atoms with Gasteiger partial charge in [-0.05, 0) is 61.5 Å². The summed E-state index contributed by atoms with van der Waals surface area (Å²) in [5, 5.41) is 14.6. The van der Waals surface area contributed by atoms with Crippen molar-refractivity contribution in [3.63, 3.8) is 0 Å². The summed E-state index contributed by atoms with van der Waals surface area (Å²) >= 11 is 0. The SMILES string of the molecule is O[C@@H](Cc1ccccc1)C1CCN(Cc2nc(Cc3cccc(F)c3)no2)CC1. The molecule has 1 N–H and O–H groups in total. The zero-order valence-electron chi connectivity index (χ0n) is 16.4. The smallest absolute Gasteiger partial charge is 0.240 e. The predicted molar refractivity (Wildman–Crippen MR) is 108 cm³/mol. The Kier molecular flexibility index (Phi) is 6.32. The van der Waals surface area contributed by atoms with E-state index >= 15 is 0 Å². The lowest BCUT2D eigenvalue weighted by Crippen LogP contribution is -2.38. The Labute approximate surface area is 170 Å². The van der Waals surface area contributed by atoms with E-state index in [4.69, 9.17) is 4.52 Å². The second kappa shape index (κ2) is 9.29. The van der Waals surface area contributed by atoms with Gasteiger partial charge in [0.05, 0.1) is 12.6 Å². The largest absolute Gasteiger partial charge is 0.392 e. The van der Waals surface area contributed by atoms with Crippen LogP contribution in [0, 0.1) is 11.7 Å². The highest BCUT2D eigenvalue weighted by Crippen LogP contribution is 2.24. The third-order valence-corrected chi connectivity index (χ3v) is 5.58. The van der Waals surface area contributed by atoms with E-state index in [1.165, 1.54) is 17.7 Å². The van der Waals surface area contributed by atoms with Crippen molar-refractivity contribution < 1.29 is 14.0 Å². The Morgan fingerprint density at radius 3 is 2.59 bits per heavy atom. The number of aliphatic hydroxyl groups excluding tert-OH is 1. The lowest BCUT2D eigenvalue weighted by molar-refractivity contribution is 0.0547. The number of benzene rings is 2. The number of aromatic nitrogens is 2. The molecule has 0 amide bonds. The van der Waals surface area contributed by atoms with Crippen LogP contribution in [0.5, 0.6) is 0 Å². The van der Waals surface area contributed by atoms with Gasteiger partial charge in [-0.3, -0.25) is 4.90 Å². The van der Waals surface area contributed by atoms with Crippen LogP contribution in [0.3, 0.4) is 0 Å². The highest BCUT2D eigenvalue weighted by Gasteiger charge is 2.26. The van der Waals surface area contributed by atoms with E-state index in [1.54, 1.807) is 6.07 Å². The van der Waals surface area contributed by atoms with E-state index in [-0.39, 0.29) is 11.9 Å². The van der Waals surface area contributed by atoms with Crippen LogP contribution in [0.1, 0.15) is 35.7 Å². The maximum Gasteiger partial charge on any atom is 0.240 e. The third-order valence-electron chi connectivity index (χ3n) is 5.58. The summed E-state index contributed by atoms with van der Waals surface area (Å²) in [6, 6.07) is 16.6. The van der Waals surface area contributed by atoms with Gasteiger partial charge in [0, 0.05) is 6.42 Å². The summed E-state index contributed by atoms with van der Waals surface area (Å²) < 4.78 is 18.7. The van der Waals surface area contributed by atoms with Crippen LogP contribution in [-0.2, 0) is 19.4 Å². The van der Waals surface area contributed by atoms with E-state index in [1.807, 2.05) is 24.3 Å². The number of aliphatic hydroxyl groups is 1. The molecule has 0 aliphatic carbocycles. The molecule has 5 nitrogen and oxygen atoms in total. The van der Waals surface area contributed by atoms with Crippen molar-refractivity contribution in [2.24, 2.45) is 5.92 Å². The molecule has 1 atom stereocenters. The Morgan fingerprint density at radius 1 is 1.07 bits per heavy atom. The van der Waals surface area contributed by atoms with Crippen molar-refractivity contribution in [3.05, 3.63) is 83.3 Å². The normalized spacial score (nSPS) is 16.8. The lowest BCUT2D eigenvalue weighted by Gasteiger charge is -2.33. The van der Waals surface area contributed by atoms with E-state index in [9.17, 15) is 9.50 Å². The number of halogens is 1. The van der Waals surface area contributed by atoms with Gasteiger partial charge in [-0.1, -0.05) is 47.6 Å². The van der Waals surface area contributed by atoms with Gasteiger partial charge in [0.15, 0.2) is 5.82 Å². The molecule has 1 saturated heterocycles. The van der Waals surface area contributed by atoms with Gasteiger partial charge in [-0.2, -0.15) is 4.98 Å². The molecule has 6 heteroatoms. The molecule has 4 rings (SSSR count). The van der Waals surface area contributed by atoms with Gasteiger partial charge in [-0.25, -0.2) is 4.39 Å². The molecule has 0 unspecified atom stereocenters. The molecule has 0 bridgehead atoms. The van der Waals surface area contributed by atoms with Crippen LogP contribution in [0.15, 0.2) is 59.1 Å². The number of rotatable bonds is 7. The van der Waals surface area contributed by atoms with E-state index < -0.39 is 0 Å². The Hall–Kier alpha value is -2.57. The highest BCUT2D eigenvalue weighted by molar-refractivity contribution is 5.19. The predicted octanol–water partition coefficient (Wildman–Crippen LogP) is 3.62. The minimum absolute atomic E-state index is 0.261. The van der Waals surface area contributed by atoms with Crippen molar-refractivity contribution in [2.75, 3.05) is 13.1 Å². The molecule has 0 spiro atoms. The summed E-state index contributed by atoms with van der Waals surface area (Å²) in [5.74, 6) is 1.21. The fraction of sp³-hybridized carbons (Fsp3) is 0.391. The molecule has 152 valence electrons. The van der Waals surface area contributed by atoms with Gasteiger partial charge >= 0.3 is 0 Å². The molecule has 0 saturated carbocycles. The molecular weight excluding hydrogens is 369 g/mol. The van der Waals surface area contributed by atoms with Crippen LogP contribution in [0.2, 0.25) is 0 Å². The Balaban J connectivity index is 1.25. The molecule has 2 heterocycles. The van der Waals surface area contributed by atoms with Gasteiger partial charge in [0.25, 0.3) is 0 Å². The third kappa shape index (κ3) is 5.49. The minimum atomic E-state index is -0.305. The van der Waals surface area contributed by atoms with Crippen LogP contribution < -0.4 is 0 Å². The number of hydrogen-bond acceptors (Lipinski definition) is 5. The van der Waals surface area contributed by atoms with Crippen LogP contribution >= 0.6 is 0 Å². The molecule has 3 aromatic rings. The summed E-state index contributed by atoms with van der Waals surface area (Å²) in [6.07, 6.45) is 2.77. The summed E-state index contributed by atoms with van der Waals surface area (Å²) in [4.78, 5) is 6.73. The summed E-state index contributed by atoms with van der Waals surface area (Å²) in [5.41, 5.74) is 2.00. The van der Waals surface area contributed by atoms with Crippen LogP contribution in [0.25, 0.3) is 0 Å². The van der Waals surface area contributed by atoms with Crippen molar-refractivity contribution in [2.45, 2.75) is 38.3 Å². The average Bonchev–Trinajstić information content (AvgIpc) is 3.16. The van der Waals surface area contributed by atoms with Crippen molar-refractivity contribution >= 4 is 0 Å². The first-order valence-electron chi connectivity index (χ1n) is 10.2. The fourth-order valence-corrected chi connectivity index (χ4v) is 3.97. The van der Waals surface area contributed by atoms with Crippen molar-refractivity contribution in [1.29, 1.82) is 0 Å². The molecule has 29 heavy (non-hydrogen) atoms. The van der Waals surface area contributed by atoms with Crippen molar-refractivity contribution in [1.82, 2.24) is 15.0 Å². The fourth-order valence-electron chi connectivity index (χ4n) is 3.97. The second-order valence-electron chi connectivity index (χ2n) is 7.78. The summed E-state index contributed by atoms with van der Waals surface area (Å²) in [6.45, 7) is 2.41. The van der Waals surface area contributed by atoms with E-state index in [0.717, 1.165) is 31.5 Å². The van der Waals surface area contributed by atoms with Gasteiger partial charge in [-0.15, -0.1) is 0 Å². The molecule has 0 radical (unpaired) electrons. The molecule has 1 aliphatic rings. The topological polar surface area (TPSA) is 62.4 Å². The number of hydrogen-bond donors (Lipinski definition) is 1. The Morgan fingerprint density at radius 2 is 1.83 bits per heavy atom. The summed E-state index contributed by atoms with van der Waals surface area (Å²) in [7, 11) is 0. The number of piperidine rings is 1. The van der Waals surface area contributed by atoms with Crippen LogP contribution in [-0.4, -0.2) is 39.3 Å². The number of likely N-dealkylation sites (tertiary alicyclic amines) is 1. The molecule has 1 aliphatic heterocycles.